The number of carbonyl (C=O) groups is 1. The minimum Gasteiger partial charge on any atom is -0.469 e. The molecule has 1 aliphatic rings. The van der Waals surface area contributed by atoms with Gasteiger partial charge in [-0.05, 0) is 12.8 Å². The van der Waals surface area contributed by atoms with Crippen molar-refractivity contribution in [2.45, 2.75) is 12.8 Å². The molecule has 7 nitrogen and oxygen atoms in total. The van der Waals surface area contributed by atoms with Gasteiger partial charge in [-0.1, -0.05) is 0 Å². The van der Waals surface area contributed by atoms with E-state index in [0.717, 1.165) is 25.2 Å². The van der Waals surface area contributed by atoms with Gasteiger partial charge in [-0.15, -0.1) is 10.2 Å². The topological polar surface area (TPSA) is 72.6 Å². The number of piperidine rings is 1. The molecule has 1 unspecified atom stereocenters. The van der Waals surface area contributed by atoms with Gasteiger partial charge in [-0.2, -0.15) is 0 Å². The van der Waals surface area contributed by atoms with Crippen molar-refractivity contribution in [3.05, 3.63) is 18.7 Å². The number of rotatable bonds is 2. The van der Waals surface area contributed by atoms with Gasteiger partial charge in [-0.3, -0.25) is 9.20 Å². The summed E-state index contributed by atoms with van der Waals surface area (Å²) in [6.07, 6.45) is 6.96. The van der Waals surface area contributed by atoms with E-state index in [1.165, 1.54) is 7.11 Å². The monoisotopic (exact) mass is 261 g/mol. The van der Waals surface area contributed by atoms with Gasteiger partial charge < -0.3 is 9.64 Å². The SMILES string of the molecule is COC(=O)C1CCCN(c2nccn3cnnc23)C1. The van der Waals surface area contributed by atoms with Crippen LogP contribution >= 0.6 is 0 Å². The number of hydrogen-bond acceptors (Lipinski definition) is 6. The lowest BCUT2D eigenvalue weighted by Gasteiger charge is -2.31. The van der Waals surface area contributed by atoms with Gasteiger partial charge in [0, 0.05) is 25.5 Å². The molecule has 1 atom stereocenters. The second-order valence-electron chi connectivity index (χ2n) is 4.62. The number of ether oxygens (including phenoxy) is 1. The highest BCUT2D eigenvalue weighted by Gasteiger charge is 2.28. The van der Waals surface area contributed by atoms with E-state index in [0.29, 0.717) is 12.2 Å². The maximum Gasteiger partial charge on any atom is 0.310 e. The van der Waals surface area contributed by atoms with E-state index < -0.39 is 0 Å². The van der Waals surface area contributed by atoms with E-state index in [4.69, 9.17) is 4.74 Å². The molecule has 0 amide bonds. The van der Waals surface area contributed by atoms with Gasteiger partial charge in [-0.25, -0.2) is 4.98 Å². The summed E-state index contributed by atoms with van der Waals surface area (Å²) in [5, 5.41) is 7.96. The largest absolute Gasteiger partial charge is 0.469 e. The zero-order valence-electron chi connectivity index (χ0n) is 10.7. The zero-order valence-corrected chi connectivity index (χ0v) is 10.7. The normalized spacial score (nSPS) is 19.6. The Kier molecular flexibility index (Phi) is 3.02. The van der Waals surface area contributed by atoms with Crippen molar-refractivity contribution < 1.29 is 9.53 Å². The maximum absolute atomic E-state index is 11.7. The Bertz CT molecular complexity index is 597. The van der Waals surface area contributed by atoms with Crippen LogP contribution in [0.4, 0.5) is 5.82 Å². The highest BCUT2D eigenvalue weighted by Crippen LogP contribution is 2.24. The van der Waals surface area contributed by atoms with Crippen LogP contribution in [0.1, 0.15) is 12.8 Å². The average Bonchev–Trinajstić information content (AvgIpc) is 2.94. The molecule has 1 aliphatic heterocycles. The molecule has 2 aromatic rings. The van der Waals surface area contributed by atoms with E-state index >= 15 is 0 Å². The quantitative estimate of drug-likeness (QED) is 0.734. The van der Waals surface area contributed by atoms with Crippen LogP contribution in [0.5, 0.6) is 0 Å². The van der Waals surface area contributed by atoms with Crippen molar-refractivity contribution in [3.8, 4) is 0 Å². The highest BCUT2D eigenvalue weighted by atomic mass is 16.5. The van der Waals surface area contributed by atoms with Crippen LogP contribution in [-0.4, -0.2) is 45.8 Å². The third kappa shape index (κ3) is 2.11. The summed E-state index contributed by atoms with van der Waals surface area (Å²) in [6, 6.07) is 0. The first-order valence-corrected chi connectivity index (χ1v) is 6.26. The number of fused-ring (bicyclic) bond motifs is 1. The third-order valence-electron chi connectivity index (χ3n) is 3.45. The Balaban J connectivity index is 1.89. The molecule has 0 radical (unpaired) electrons. The van der Waals surface area contributed by atoms with Gasteiger partial charge in [0.2, 0.25) is 5.65 Å². The summed E-state index contributed by atoms with van der Waals surface area (Å²) in [6.45, 7) is 1.49. The number of carbonyl (C=O) groups excluding carboxylic acids is 1. The molecular weight excluding hydrogens is 246 g/mol. The number of nitrogens with zero attached hydrogens (tertiary/aromatic N) is 5. The van der Waals surface area contributed by atoms with Crippen LogP contribution in [0.2, 0.25) is 0 Å². The molecule has 1 fully saturated rings. The molecule has 2 aromatic heterocycles. The standard InChI is InChI=1S/C12H15N5O2/c1-19-12(18)9-3-2-5-16(7-9)10-11-15-14-8-17(11)6-4-13-10/h4,6,8-9H,2-3,5,7H2,1H3. The summed E-state index contributed by atoms with van der Waals surface area (Å²) >= 11 is 0. The van der Waals surface area contributed by atoms with E-state index in [9.17, 15) is 4.79 Å². The van der Waals surface area contributed by atoms with E-state index in [1.54, 1.807) is 18.7 Å². The second-order valence-corrected chi connectivity index (χ2v) is 4.62. The van der Waals surface area contributed by atoms with Crippen LogP contribution < -0.4 is 4.90 Å². The van der Waals surface area contributed by atoms with Crippen LogP contribution in [0.25, 0.3) is 5.65 Å². The van der Waals surface area contributed by atoms with E-state index in [1.807, 2.05) is 4.40 Å². The van der Waals surface area contributed by atoms with E-state index in [2.05, 4.69) is 20.1 Å². The molecule has 19 heavy (non-hydrogen) atoms. The predicted octanol–water partition coefficient (Wildman–Crippen LogP) is 0.514. The Hall–Kier alpha value is -2.18. The van der Waals surface area contributed by atoms with Crippen molar-refractivity contribution in [2.24, 2.45) is 5.92 Å². The summed E-state index contributed by atoms with van der Waals surface area (Å²) < 4.78 is 6.65. The summed E-state index contributed by atoms with van der Waals surface area (Å²) in [5.74, 6) is 0.524. The Morgan fingerprint density at radius 3 is 3.26 bits per heavy atom. The maximum atomic E-state index is 11.7. The van der Waals surface area contributed by atoms with Gasteiger partial charge in [0.05, 0.1) is 13.0 Å². The van der Waals surface area contributed by atoms with Gasteiger partial charge in [0.1, 0.15) is 6.33 Å². The van der Waals surface area contributed by atoms with Crippen LogP contribution in [-0.2, 0) is 9.53 Å². The number of hydrogen-bond donors (Lipinski definition) is 0. The molecule has 7 heteroatoms. The van der Waals surface area contributed by atoms with Crippen molar-refractivity contribution in [1.29, 1.82) is 0 Å². The first kappa shape index (κ1) is 11.9. The smallest absolute Gasteiger partial charge is 0.310 e. The molecule has 0 spiro atoms. The first-order chi connectivity index (χ1) is 9.29. The fourth-order valence-corrected chi connectivity index (χ4v) is 2.50. The number of aromatic nitrogens is 4. The van der Waals surface area contributed by atoms with Crippen LogP contribution in [0.3, 0.4) is 0 Å². The molecule has 0 N–H and O–H groups in total. The Labute approximate surface area is 110 Å². The lowest BCUT2D eigenvalue weighted by molar-refractivity contribution is -0.145. The van der Waals surface area contributed by atoms with Crippen molar-refractivity contribution >= 4 is 17.4 Å². The first-order valence-electron chi connectivity index (χ1n) is 6.26. The van der Waals surface area contributed by atoms with Crippen molar-refractivity contribution in [2.75, 3.05) is 25.1 Å². The molecule has 0 aliphatic carbocycles. The van der Waals surface area contributed by atoms with Crippen molar-refractivity contribution in [3.63, 3.8) is 0 Å². The van der Waals surface area contributed by atoms with Gasteiger partial charge in [0.25, 0.3) is 0 Å². The van der Waals surface area contributed by atoms with Gasteiger partial charge in [0.15, 0.2) is 5.82 Å². The lowest BCUT2D eigenvalue weighted by atomic mass is 9.98. The Morgan fingerprint density at radius 2 is 2.42 bits per heavy atom. The summed E-state index contributed by atoms with van der Waals surface area (Å²) in [5.41, 5.74) is 0.716. The molecule has 0 aromatic carbocycles. The predicted molar refractivity (Wildman–Crippen MR) is 67.7 cm³/mol. The summed E-state index contributed by atoms with van der Waals surface area (Å²) in [7, 11) is 1.43. The number of methoxy groups -OCH3 is 1. The number of anilines is 1. The van der Waals surface area contributed by atoms with Crippen LogP contribution in [0.15, 0.2) is 18.7 Å². The molecule has 0 bridgehead atoms. The second kappa shape index (κ2) is 4.83. The lowest BCUT2D eigenvalue weighted by Crippen LogP contribution is -2.39. The fraction of sp³-hybridized carbons (Fsp3) is 0.500. The minimum absolute atomic E-state index is 0.0938. The third-order valence-corrected chi connectivity index (χ3v) is 3.45. The molecule has 100 valence electrons. The Morgan fingerprint density at radius 1 is 1.53 bits per heavy atom. The number of esters is 1. The summed E-state index contributed by atoms with van der Waals surface area (Å²) in [4.78, 5) is 18.1. The van der Waals surface area contributed by atoms with Crippen molar-refractivity contribution in [1.82, 2.24) is 19.6 Å². The van der Waals surface area contributed by atoms with Crippen LogP contribution in [0, 0.1) is 5.92 Å². The van der Waals surface area contributed by atoms with Gasteiger partial charge >= 0.3 is 5.97 Å². The molecule has 0 saturated carbocycles. The highest BCUT2D eigenvalue weighted by molar-refractivity contribution is 5.74. The molecule has 3 rings (SSSR count). The van der Waals surface area contributed by atoms with E-state index in [-0.39, 0.29) is 11.9 Å². The minimum atomic E-state index is -0.155. The molecular formula is C12H15N5O2. The molecule has 1 saturated heterocycles. The average molecular weight is 261 g/mol. The molecule has 3 heterocycles. The fourth-order valence-electron chi connectivity index (χ4n) is 2.50. The zero-order chi connectivity index (χ0) is 13.2.